The van der Waals surface area contributed by atoms with Crippen molar-refractivity contribution in [2.75, 3.05) is 33.9 Å². The maximum absolute atomic E-state index is 9.59. The number of nitrogens with zero attached hydrogens (tertiary/aromatic N) is 4. The first-order valence-corrected chi connectivity index (χ1v) is 11.9. The zero-order valence-electron chi connectivity index (χ0n) is 20.8. The highest BCUT2D eigenvalue weighted by Crippen LogP contribution is 2.27. The molecule has 0 saturated carbocycles. The third-order valence-electron chi connectivity index (χ3n) is 6.04. The van der Waals surface area contributed by atoms with Crippen LogP contribution in [0.2, 0.25) is 0 Å². The molecule has 7 heteroatoms. The van der Waals surface area contributed by atoms with Gasteiger partial charge in [0.2, 0.25) is 0 Å². The predicted molar refractivity (Wildman–Crippen MR) is 134 cm³/mol. The number of hydrogen-bond acceptors (Lipinski definition) is 7. The Balaban J connectivity index is 1.48. The summed E-state index contributed by atoms with van der Waals surface area (Å²) < 4.78 is 16.8. The van der Waals surface area contributed by atoms with Crippen molar-refractivity contribution in [3.8, 4) is 28.8 Å². The van der Waals surface area contributed by atoms with Crippen LogP contribution in [0.4, 0.5) is 0 Å². The first-order chi connectivity index (χ1) is 17.0. The monoisotopic (exact) mass is 472 g/mol. The lowest BCUT2D eigenvalue weighted by molar-refractivity contribution is -0.0336. The van der Waals surface area contributed by atoms with Gasteiger partial charge in [0.25, 0.3) is 0 Å². The van der Waals surface area contributed by atoms with Crippen molar-refractivity contribution < 1.29 is 14.2 Å². The average Bonchev–Trinajstić information content (AvgIpc) is 2.85. The van der Waals surface area contributed by atoms with E-state index in [-0.39, 0.29) is 0 Å². The van der Waals surface area contributed by atoms with Gasteiger partial charge in [-0.25, -0.2) is 9.97 Å². The molecule has 1 saturated heterocycles. The van der Waals surface area contributed by atoms with E-state index >= 15 is 0 Å². The quantitative estimate of drug-likeness (QED) is 0.430. The highest BCUT2D eigenvalue weighted by atomic mass is 16.5. The third-order valence-corrected chi connectivity index (χ3v) is 6.04. The molecule has 2 heterocycles. The van der Waals surface area contributed by atoms with E-state index in [4.69, 9.17) is 19.2 Å². The van der Waals surface area contributed by atoms with Crippen LogP contribution in [0.1, 0.15) is 36.4 Å². The van der Waals surface area contributed by atoms with E-state index in [0.717, 1.165) is 47.8 Å². The molecule has 0 radical (unpaired) electrons. The Labute approximate surface area is 207 Å². The van der Waals surface area contributed by atoms with Gasteiger partial charge in [0.05, 0.1) is 31.1 Å². The Kier molecular flexibility index (Phi) is 7.96. The topological polar surface area (TPSA) is 80.5 Å². The fourth-order valence-corrected chi connectivity index (χ4v) is 4.06. The second-order valence-electron chi connectivity index (χ2n) is 9.26. The van der Waals surface area contributed by atoms with E-state index in [0.29, 0.717) is 42.2 Å². The van der Waals surface area contributed by atoms with Crippen molar-refractivity contribution in [1.29, 1.82) is 5.26 Å². The molecule has 1 aromatic heterocycles. The summed E-state index contributed by atoms with van der Waals surface area (Å²) in [4.78, 5) is 11.6. The number of ether oxygens (including phenoxy) is 3. The molecule has 0 unspecified atom stereocenters. The molecule has 1 aliphatic heterocycles. The van der Waals surface area contributed by atoms with Gasteiger partial charge < -0.3 is 14.2 Å². The van der Waals surface area contributed by atoms with Gasteiger partial charge in [-0.1, -0.05) is 26.0 Å². The molecular weight excluding hydrogens is 440 g/mol. The average molecular weight is 473 g/mol. The fourth-order valence-electron chi connectivity index (χ4n) is 4.06. The Morgan fingerprint density at radius 3 is 2.63 bits per heavy atom. The van der Waals surface area contributed by atoms with E-state index < -0.39 is 0 Å². The molecule has 35 heavy (non-hydrogen) atoms. The molecule has 4 rings (SSSR count). The third kappa shape index (κ3) is 6.16. The van der Waals surface area contributed by atoms with E-state index in [2.05, 4.69) is 48.0 Å². The summed E-state index contributed by atoms with van der Waals surface area (Å²) in [6, 6.07) is 16.0. The number of likely N-dealkylation sites (tertiary alicyclic amines) is 1. The number of hydrogen-bond donors (Lipinski definition) is 0. The standard InChI is InChI=1S/C28H32N4O3/c1-19(2)18-35-26-8-7-21(13-23(26)14-29)25-9-10-30-28(31-25)12-20-5-6-22(27(11-20)34-4)15-32-16-24(17-32)33-3/h5-11,13,19,24H,12,15-18H2,1-4H3. The molecular formula is C28H32N4O3. The Morgan fingerprint density at radius 2 is 1.91 bits per heavy atom. The van der Waals surface area contributed by atoms with Crippen molar-refractivity contribution in [2.24, 2.45) is 5.92 Å². The Hall–Kier alpha value is -3.47. The van der Waals surface area contributed by atoms with Gasteiger partial charge in [-0.2, -0.15) is 5.26 Å². The van der Waals surface area contributed by atoms with Crippen molar-refractivity contribution in [3.05, 3.63) is 71.2 Å². The summed E-state index contributed by atoms with van der Waals surface area (Å²) in [6.45, 7) is 7.46. The van der Waals surface area contributed by atoms with Crippen molar-refractivity contribution in [1.82, 2.24) is 14.9 Å². The zero-order valence-corrected chi connectivity index (χ0v) is 20.8. The molecule has 0 bridgehead atoms. The second kappa shape index (κ2) is 11.3. The van der Waals surface area contributed by atoms with Crippen LogP contribution in [-0.4, -0.2) is 54.9 Å². The molecule has 0 aliphatic carbocycles. The van der Waals surface area contributed by atoms with Crippen LogP contribution in [0.15, 0.2) is 48.7 Å². The summed E-state index contributed by atoms with van der Waals surface area (Å²) in [5, 5.41) is 9.59. The van der Waals surface area contributed by atoms with Crippen LogP contribution in [0.5, 0.6) is 11.5 Å². The van der Waals surface area contributed by atoms with Crippen LogP contribution in [-0.2, 0) is 17.7 Å². The van der Waals surface area contributed by atoms with Gasteiger partial charge in [-0.15, -0.1) is 0 Å². The maximum Gasteiger partial charge on any atom is 0.137 e. The highest BCUT2D eigenvalue weighted by molar-refractivity contribution is 5.64. The number of aromatic nitrogens is 2. The molecule has 3 aromatic rings. The first-order valence-electron chi connectivity index (χ1n) is 11.9. The summed E-state index contributed by atoms with van der Waals surface area (Å²) in [5.74, 6) is 2.57. The predicted octanol–water partition coefficient (Wildman–Crippen LogP) is 4.48. The normalized spacial score (nSPS) is 13.9. The molecule has 2 aromatic carbocycles. The number of benzene rings is 2. The number of nitriles is 1. The minimum Gasteiger partial charge on any atom is -0.496 e. The SMILES string of the molecule is COc1cc(Cc2nccc(-c3ccc(OCC(C)C)c(C#N)c3)n2)ccc1CN1CC(OC)C1. The van der Waals surface area contributed by atoms with Gasteiger partial charge in [0.15, 0.2) is 0 Å². The van der Waals surface area contributed by atoms with E-state index in [1.165, 1.54) is 0 Å². The summed E-state index contributed by atoms with van der Waals surface area (Å²) in [6.07, 6.45) is 2.67. The van der Waals surface area contributed by atoms with E-state index in [1.54, 1.807) is 20.4 Å². The highest BCUT2D eigenvalue weighted by Gasteiger charge is 2.26. The fraction of sp³-hybridized carbons (Fsp3) is 0.393. The number of methoxy groups -OCH3 is 2. The van der Waals surface area contributed by atoms with E-state index in [9.17, 15) is 5.26 Å². The Morgan fingerprint density at radius 1 is 1.09 bits per heavy atom. The molecule has 0 spiro atoms. The number of rotatable bonds is 10. The summed E-state index contributed by atoms with van der Waals surface area (Å²) in [7, 11) is 3.46. The lowest BCUT2D eigenvalue weighted by Crippen LogP contribution is -2.50. The van der Waals surface area contributed by atoms with Crippen LogP contribution >= 0.6 is 0 Å². The largest absolute Gasteiger partial charge is 0.496 e. The minimum atomic E-state index is 0.331. The van der Waals surface area contributed by atoms with Gasteiger partial charge >= 0.3 is 0 Å². The van der Waals surface area contributed by atoms with Crippen molar-refractivity contribution in [3.63, 3.8) is 0 Å². The second-order valence-corrected chi connectivity index (χ2v) is 9.26. The molecule has 0 amide bonds. The lowest BCUT2D eigenvalue weighted by Gasteiger charge is -2.38. The van der Waals surface area contributed by atoms with Crippen LogP contribution in [0, 0.1) is 17.2 Å². The van der Waals surface area contributed by atoms with Crippen LogP contribution in [0.25, 0.3) is 11.3 Å². The molecule has 1 aliphatic rings. The first kappa shape index (κ1) is 24.6. The molecule has 0 atom stereocenters. The molecule has 182 valence electrons. The van der Waals surface area contributed by atoms with Crippen LogP contribution in [0.3, 0.4) is 0 Å². The van der Waals surface area contributed by atoms with Crippen molar-refractivity contribution >= 4 is 0 Å². The minimum absolute atomic E-state index is 0.331. The van der Waals surface area contributed by atoms with Crippen LogP contribution < -0.4 is 9.47 Å². The summed E-state index contributed by atoms with van der Waals surface area (Å²) in [5.41, 5.74) is 4.37. The smallest absolute Gasteiger partial charge is 0.137 e. The van der Waals surface area contributed by atoms with Gasteiger partial charge in [0.1, 0.15) is 23.4 Å². The van der Waals surface area contributed by atoms with Gasteiger partial charge in [-0.3, -0.25) is 4.90 Å². The zero-order chi connectivity index (χ0) is 24.8. The lowest BCUT2D eigenvalue weighted by atomic mass is 10.0. The Bertz CT molecular complexity index is 1200. The van der Waals surface area contributed by atoms with E-state index in [1.807, 2.05) is 24.3 Å². The maximum atomic E-state index is 9.59. The van der Waals surface area contributed by atoms with Gasteiger partial charge in [-0.05, 0) is 41.8 Å². The van der Waals surface area contributed by atoms with Crippen molar-refractivity contribution in [2.45, 2.75) is 32.9 Å². The summed E-state index contributed by atoms with van der Waals surface area (Å²) >= 11 is 0. The van der Waals surface area contributed by atoms with Gasteiger partial charge in [0, 0.05) is 50.5 Å². The molecule has 1 fully saturated rings. The molecule has 0 N–H and O–H groups in total. The molecule has 7 nitrogen and oxygen atoms in total.